The Morgan fingerprint density at radius 3 is 2.79 bits per heavy atom. The van der Waals surface area contributed by atoms with Crippen LogP contribution in [0, 0.1) is 5.92 Å². The number of fused-ring (bicyclic) bond motifs is 5. The van der Waals surface area contributed by atoms with Gasteiger partial charge in [0.15, 0.2) is 0 Å². The Balaban J connectivity index is 1.08. The van der Waals surface area contributed by atoms with E-state index in [0.29, 0.717) is 32.4 Å². The van der Waals surface area contributed by atoms with Gasteiger partial charge in [-0.05, 0) is 62.4 Å². The van der Waals surface area contributed by atoms with Crippen molar-refractivity contribution in [3.63, 3.8) is 0 Å². The molecule has 5 aliphatic rings. The van der Waals surface area contributed by atoms with Crippen LogP contribution in [-0.2, 0) is 32.0 Å². The van der Waals surface area contributed by atoms with Crippen molar-refractivity contribution in [2.24, 2.45) is 5.92 Å². The first-order valence-electron chi connectivity index (χ1n) is 15.4. The Hall–Kier alpha value is -3.73. The third kappa shape index (κ3) is 3.86. The van der Waals surface area contributed by atoms with Crippen LogP contribution < -0.4 is 5.32 Å². The highest BCUT2D eigenvalue weighted by molar-refractivity contribution is 5.97. The zero-order chi connectivity index (χ0) is 29.7. The molecule has 1 aliphatic carbocycles. The second kappa shape index (κ2) is 9.38. The molecule has 4 aliphatic heterocycles. The molecule has 3 aromatic rings. The fourth-order valence-corrected chi connectivity index (χ4v) is 8.65. The second-order valence-electron chi connectivity index (χ2n) is 13.2. The predicted molar refractivity (Wildman–Crippen MR) is 157 cm³/mol. The molecular weight excluding hydrogens is 546 g/mol. The maximum Gasteiger partial charge on any atom is 0.280 e. The fourth-order valence-electron chi connectivity index (χ4n) is 8.65. The van der Waals surface area contributed by atoms with Crippen LogP contribution in [0.4, 0.5) is 0 Å². The van der Waals surface area contributed by atoms with Crippen LogP contribution in [0.2, 0.25) is 0 Å². The molecule has 10 heteroatoms. The molecular formula is C33H37N5O5. The quantitative estimate of drug-likeness (QED) is 0.433. The van der Waals surface area contributed by atoms with Gasteiger partial charge in [-0.15, -0.1) is 0 Å². The third-order valence-corrected chi connectivity index (χ3v) is 10.6. The van der Waals surface area contributed by atoms with E-state index in [1.807, 2.05) is 30.3 Å². The number of hydrogen-bond acceptors (Lipinski definition) is 6. The molecule has 224 valence electrons. The first-order valence-corrected chi connectivity index (χ1v) is 15.4. The lowest BCUT2D eigenvalue weighted by Crippen LogP contribution is -2.71. The van der Waals surface area contributed by atoms with Crippen LogP contribution in [0.5, 0.6) is 0 Å². The lowest BCUT2D eigenvalue weighted by Gasteiger charge is -2.48. The molecule has 3 unspecified atom stereocenters. The minimum absolute atomic E-state index is 0.171. The lowest BCUT2D eigenvalue weighted by molar-refractivity contribution is -0.315. The van der Waals surface area contributed by atoms with Gasteiger partial charge >= 0.3 is 0 Å². The number of aromatic nitrogens is 1. The summed E-state index contributed by atoms with van der Waals surface area (Å²) in [7, 11) is 2.06. The number of H-pyrrole nitrogens is 1. The largest absolute Gasteiger partial charge is 0.361 e. The van der Waals surface area contributed by atoms with Gasteiger partial charge in [0.1, 0.15) is 12.1 Å². The number of aliphatic hydroxyl groups is 1. The van der Waals surface area contributed by atoms with Gasteiger partial charge in [-0.1, -0.05) is 42.5 Å². The standard InChI is InChI=1S/C33H37N5O5/c1-32(35-29(39)21-15-23-22-10-6-11-24-28(22)20(17-34-24)16-25(23)36(2)18-21)31(41)38-26(14-19-8-4-3-5-9-19)30(40)37-13-7-12-27(37)33(38,42)43-32/h3-6,8-11,17,21,23,25-27,34,42H,7,12-16,18H2,1-2H3,(H,35,39)/t21-,23?,25?,26?,27+,32-,33+/m1/s1. The van der Waals surface area contributed by atoms with Crippen molar-refractivity contribution in [3.05, 3.63) is 71.4 Å². The Morgan fingerprint density at radius 2 is 1.98 bits per heavy atom. The van der Waals surface area contributed by atoms with Crippen molar-refractivity contribution >= 4 is 28.6 Å². The molecule has 0 saturated carbocycles. The van der Waals surface area contributed by atoms with Crippen molar-refractivity contribution in [1.29, 1.82) is 0 Å². The molecule has 10 nitrogen and oxygen atoms in total. The van der Waals surface area contributed by atoms with E-state index < -0.39 is 29.6 Å². The molecule has 43 heavy (non-hydrogen) atoms. The van der Waals surface area contributed by atoms with Crippen LogP contribution in [0.25, 0.3) is 10.9 Å². The average molecular weight is 584 g/mol. The summed E-state index contributed by atoms with van der Waals surface area (Å²) in [4.78, 5) is 50.4. The zero-order valence-electron chi connectivity index (χ0n) is 24.5. The summed E-state index contributed by atoms with van der Waals surface area (Å²) in [6.07, 6.45) is 5.13. The molecule has 0 radical (unpaired) electrons. The summed E-state index contributed by atoms with van der Waals surface area (Å²) in [5.74, 6) is -3.31. The summed E-state index contributed by atoms with van der Waals surface area (Å²) in [6, 6.07) is 14.4. The van der Waals surface area contributed by atoms with Crippen LogP contribution >= 0.6 is 0 Å². The summed E-state index contributed by atoms with van der Waals surface area (Å²) in [5.41, 5.74) is 2.74. The number of likely N-dealkylation sites (N-methyl/N-ethyl adjacent to an activating group) is 1. The molecule has 2 aromatic carbocycles. The van der Waals surface area contributed by atoms with Gasteiger partial charge in [-0.2, -0.15) is 0 Å². The molecule has 3 amide bonds. The first-order chi connectivity index (χ1) is 20.7. The summed E-state index contributed by atoms with van der Waals surface area (Å²) in [6.45, 7) is 2.56. The normalized spacial score (nSPS) is 35.2. The van der Waals surface area contributed by atoms with Crippen molar-refractivity contribution in [1.82, 2.24) is 25.0 Å². The second-order valence-corrected chi connectivity index (χ2v) is 13.2. The number of ether oxygens (including phenoxy) is 1. The van der Waals surface area contributed by atoms with E-state index in [9.17, 15) is 19.5 Å². The monoisotopic (exact) mass is 583 g/mol. The smallest absolute Gasteiger partial charge is 0.280 e. The Labute approximate surface area is 250 Å². The van der Waals surface area contributed by atoms with E-state index >= 15 is 0 Å². The maximum atomic E-state index is 14.2. The highest BCUT2D eigenvalue weighted by atomic mass is 16.7. The number of nitrogens with one attached hydrogen (secondary N) is 2. The molecule has 8 rings (SSSR count). The van der Waals surface area contributed by atoms with Crippen LogP contribution in [0.15, 0.2) is 54.7 Å². The van der Waals surface area contributed by atoms with Crippen molar-refractivity contribution in [2.45, 2.75) is 74.7 Å². The van der Waals surface area contributed by atoms with Gasteiger partial charge in [-0.3, -0.25) is 24.0 Å². The van der Waals surface area contributed by atoms with E-state index in [2.05, 4.69) is 46.6 Å². The Kier molecular flexibility index (Phi) is 5.86. The van der Waals surface area contributed by atoms with Gasteiger partial charge in [0.05, 0.1) is 5.92 Å². The lowest BCUT2D eigenvalue weighted by atomic mass is 9.72. The topological polar surface area (TPSA) is 118 Å². The zero-order valence-corrected chi connectivity index (χ0v) is 24.5. The summed E-state index contributed by atoms with van der Waals surface area (Å²) >= 11 is 0. The molecule has 5 heterocycles. The average Bonchev–Trinajstić information content (AvgIpc) is 3.70. The number of rotatable bonds is 4. The molecule has 0 bridgehead atoms. The maximum absolute atomic E-state index is 14.2. The molecule has 3 N–H and O–H groups in total. The number of nitrogens with zero attached hydrogens (tertiary/aromatic N) is 3. The van der Waals surface area contributed by atoms with Crippen molar-refractivity contribution < 1.29 is 24.2 Å². The number of hydrogen-bond donors (Lipinski definition) is 3. The van der Waals surface area contributed by atoms with E-state index in [1.165, 1.54) is 28.3 Å². The van der Waals surface area contributed by atoms with Gasteiger partial charge in [0.25, 0.3) is 11.8 Å². The minimum atomic E-state index is -2.03. The molecule has 4 saturated heterocycles. The number of piperazine rings is 1. The molecule has 1 aromatic heterocycles. The summed E-state index contributed by atoms with van der Waals surface area (Å²) in [5, 5.41) is 16.2. The van der Waals surface area contributed by atoms with E-state index in [1.54, 1.807) is 4.90 Å². The fraction of sp³-hybridized carbons (Fsp3) is 0.485. The SMILES string of the molecule is CN1C[C@H](C(=O)N[C@]2(C)O[C@@]3(O)[C@@H]4CCCN4C(=O)C(Cc4ccccc4)N3C2=O)CC2c3cccc4[nH]cc(c34)CC21. The van der Waals surface area contributed by atoms with E-state index in [4.69, 9.17) is 4.74 Å². The number of amides is 3. The Bertz CT molecular complexity index is 1640. The third-order valence-electron chi connectivity index (χ3n) is 10.6. The van der Waals surface area contributed by atoms with E-state index in [-0.39, 0.29) is 36.1 Å². The number of benzene rings is 2. The highest BCUT2D eigenvalue weighted by Gasteiger charge is 2.70. The number of carbonyl (C=O) groups is 3. The van der Waals surface area contributed by atoms with Crippen molar-refractivity contribution in [2.75, 3.05) is 20.1 Å². The Morgan fingerprint density at radius 1 is 1.16 bits per heavy atom. The predicted octanol–water partition coefficient (Wildman–Crippen LogP) is 2.08. The van der Waals surface area contributed by atoms with Crippen LogP contribution in [0.3, 0.4) is 0 Å². The molecule has 0 spiro atoms. The number of likely N-dealkylation sites (tertiary alicyclic amines) is 1. The summed E-state index contributed by atoms with van der Waals surface area (Å²) < 4.78 is 6.25. The van der Waals surface area contributed by atoms with Gasteiger partial charge in [-0.25, -0.2) is 0 Å². The van der Waals surface area contributed by atoms with Crippen LogP contribution in [-0.4, -0.2) is 92.4 Å². The molecule has 7 atom stereocenters. The van der Waals surface area contributed by atoms with Gasteiger partial charge in [0.2, 0.25) is 17.5 Å². The van der Waals surface area contributed by atoms with Gasteiger partial charge < -0.3 is 25.2 Å². The van der Waals surface area contributed by atoms with Gasteiger partial charge in [0, 0.05) is 48.6 Å². The van der Waals surface area contributed by atoms with Crippen molar-refractivity contribution in [3.8, 4) is 0 Å². The minimum Gasteiger partial charge on any atom is -0.361 e. The number of piperidine rings is 1. The highest BCUT2D eigenvalue weighted by Crippen LogP contribution is 2.47. The number of carbonyl (C=O) groups excluding carboxylic acids is 3. The first kappa shape index (κ1) is 26.9. The molecule has 4 fully saturated rings. The number of aromatic amines is 1. The van der Waals surface area contributed by atoms with E-state index in [0.717, 1.165) is 17.5 Å². The van der Waals surface area contributed by atoms with Crippen LogP contribution in [0.1, 0.15) is 48.8 Å².